The molecule has 1 fully saturated rings. The zero-order valence-corrected chi connectivity index (χ0v) is 18.7. The highest BCUT2D eigenvalue weighted by atomic mass is 28.3. The molecule has 2 unspecified atom stereocenters. The van der Waals surface area contributed by atoms with Crippen molar-refractivity contribution in [3.8, 4) is 11.5 Å². The molecule has 148 valence electrons. The van der Waals surface area contributed by atoms with Gasteiger partial charge in [-0.25, -0.2) is 4.98 Å². The fourth-order valence-electron chi connectivity index (χ4n) is 4.79. The molecule has 0 aromatic carbocycles. The Balaban J connectivity index is 2.08. The summed E-state index contributed by atoms with van der Waals surface area (Å²) in [6, 6.07) is 0.181. The molecule has 0 aliphatic heterocycles. The molecule has 1 heterocycles. The Morgan fingerprint density at radius 2 is 1.78 bits per heavy atom. The molecule has 0 saturated heterocycles. The second-order valence-electron chi connectivity index (χ2n) is 8.79. The Hall–Kier alpha value is -1.67. The minimum Gasteiger partial charge on any atom is -0.348 e. The first-order valence-corrected chi connectivity index (χ1v) is 12.6. The molecule has 2 rings (SSSR count). The second-order valence-corrected chi connectivity index (χ2v) is 14.4. The van der Waals surface area contributed by atoms with Gasteiger partial charge < -0.3 is 5.32 Å². The van der Waals surface area contributed by atoms with E-state index >= 15 is 0 Å². The monoisotopic (exact) mass is 385 g/mol. The molecule has 1 aliphatic rings. The maximum absolute atomic E-state index is 12.4. The zero-order chi connectivity index (χ0) is 20.0. The maximum atomic E-state index is 12.4. The number of hydrogen-bond acceptors (Lipinski definition) is 3. The van der Waals surface area contributed by atoms with Crippen LogP contribution in [0, 0.1) is 17.4 Å². The Labute approximate surface area is 166 Å². The van der Waals surface area contributed by atoms with Crippen LogP contribution in [0.1, 0.15) is 77.7 Å². The van der Waals surface area contributed by atoms with Crippen molar-refractivity contribution in [1.82, 2.24) is 15.3 Å². The first kappa shape index (κ1) is 21.6. The third-order valence-corrected chi connectivity index (χ3v) is 12.5. The number of hydrogen-bond donors (Lipinski definition) is 1. The van der Waals surface area contributed by atoms with E-state index in [1.807, 2.05) is 0 Å². The number of amides is 1. The highest BCUT2D eigenvalue weighted by molar-refractivity contribution is 6.90. The van der Waals surface area contributed by atoms with Gasteiger partial charge in [-0.2, -0.15) is 0 Å². The van der Waals surface area contributed by atoms with Crippen molar-refractivity contribution in [2.75, 3.05) is 0 Å². The van der Waals surface area contributed by atoms with Crippen LogP contribution in [-0.4, -0.2) is 30.0 Å². The van der Waals surface area contributed by atoms with Crippen LogP contribution < -0.4 is 5.32 Å². The molecule has 1 aromatic heterocycles. The lowest BCUT2D eigenvalue weighted by Gasteiger charge is -2.38. The van der Waals surface area contributed by atoms with Crippen LogP contribution in [0.25, 0.3) is 0 Å². The molecule has 1 amide bonds. The lowest BCUT2D eigenvalue weighted by Crippen LogP contribution is -2.43. The molecule has 4 nitrogen and oxygen atoms in total. The lowest BCUT2D eigenvalue weighted by molar-refractivity contribution is 0.0918. The van der Waals surface area contributed by atoms with Crippen LogP contribution in [0.2, 0.25) is 16.6 Å². The van der Waals surface area contributed by atoms with Gasteiger partial charge in [-0.3, -0.25) is 9.78 Å². The smallest absolute Gasteiger partial charge is 0.271 e. The van der Waals surface area contributed by atoms with E-state index in [-0.39, 0.29) is 11.9 Å². The number of nitrogens with zero attached hydrogens (tertiary/aromatic N) is 2. The van der Waals surface area contributed by atoms with E-state index in [9.17, 15) is 4.79 Å². The van der Waals surface area contributed by atoms with Crippen LogP contribution >= 0.6 is 0 Å². The predicted octanol–water partition coefficient (Wildman–Crippen LogP) is 4.99. The van der Waals surface area contributed by atoms with Gasteiger partial charge in [0.05, 0.1) is 6.20 Å². The summed E-state index contributed by atoms with van der Waals surface area (Å²) in [5.74, 6) is 3.94. The lowest BCUT2D eigenvalue weighted by atomic mass is 9.86. The van der Waals surface area contributed by atoms with Gasteiger partial charge in [0.25, 0.3) is 5.91 Å². The van der Waals surface area contributed by atoms with E-state index in [4.69, 9.17) is 0 Å². The minimum absolute atomic E-state index is 0.128. The zero-order valence-electron chi connectivity index (χ0n) is 17.7. The minimum atomic E-state index is -1.68. The van der Waals surface area contributed by atoms with Gasteiger partial charge in [-0.05, 0) is 35.9 Å². The predicted molar refractivity (Wildman–Crippen MR) is 114 cm³/mol. The Kier molecular flexibility index (Phi) is 7.61. The van der Waals surface area contributed by atoms with Crippen LogP contribution in [0.15, 0.2) is 18.6 Å². The topological polar surface area (TPSA) is 54.9 Å². The van der Waals surface area contributed by atoms with E-state index in [0.29, 0.717) is 28.2 Å². The molecule has 1 N–H and O–H groups in total. The number of carbonyl (C=O) groups excluding carboxylic acids is 1. The molecule has 2 atom stereocenters. The first-order chi connectivity index (χ1) is 12.8. The summed E-state index contributed by atoms with van der Waals surface area (Å²) in [6.45, 7) is 14.1. The van der Waals surface area contributed by atoms with Gasteiger partial charge in [0.15, 0.2) is 0 Å². The molecule has 0 bridgehead atoms. The van der Waals surface area contributed by atoms with Crippen molar-refractivity contribution in [3.05, 3.63) is 24.3 Å². The van der Waals surface area contributed by atoms with E-state index in [1.165, 1.54) is 6.20 Å². The van der Waals surface area contributed by atoms with E-state index in [0.717, 1.165) is 25.7 Å². The number of rotatable bonds is 5. The summed E-state index contributed by atoms with van der Waals surface area (Å²) in [7, 11) is -1.68. The molecule has 1 aliphatic carbocycles. The third-order valence-electron chi connectivity index (χ3n) is 6.16. The second kappa shape index (κ2) is 9.50. The first-order valence-electron chi connectivity index (χ1n) is 10.4. The summed E-state index contributed by atoms with van der Waals surface area (Å²) in [4.78, 5) is 20.4. The third kappa shape index (κ3) is 5.19. The van der Waals surface area contributed by atoms with Gasteiger partial charge in [-0.15, -0.1) is 11.5 Å². The average molecular weight is 386 g/mol. The van der Waals surface area contributed by atoms with Gasteiger partial charge >= 0.3 is 0 Å². The number of aromatic nitrogens is 2. The molecular formula is C22H35N3OSi. The van der Waals surface area contributed by atoms with Gasteiger partial charge in [0, 0.05) is 24.4 Å². The Morgan fingerprint density at radius 1 is 1.11 bits per heavy atom. The Morgan fingerprint density at radius 3 is 2.33 bits per heavy atom. The molecule has 1 aromatic rings. The van der Waals surface area contributed by atoms with Crippen molar-refractivity contribution in [1.29, 1.82) is 0 Å². The quantitative estimate of drug-likeness (QED) is 0.574. The fourth-order valence-corrected chi connectivity index (χ4v) is 10.1. The molecule has 0 spiro atoms. The van der Waals surface area contributed by atoms with E-state index in [2.05, 4.69) is 68.3 Å². The largest absolute Gasteiger partial charge is 0.348 e. The standard InChI is InChI=1S/C22H35N3OSi/c1-16(2)27(17(3)4,18(5)6)13-10-19-8-7-9-20(14-19)25-22(26)21-15-23-11-12-24-21/h11-12,15-20H,7-9,14H2,1-6H3,(H,25,26). The van der Waals surface area contributed by atoms with Crippen LogP contribution in [0.3, 0.4) is 0 Å². The van der Waals surface area contributed by atoms with Gasteiger partial charge in [0.1, 0.15) is 13.8 Å². The van der Waals surface area contributed by atoms with Crippen molar-refractivity contribution < 1.29 is 4.79 Å². The van der Waals surface area contributed by atoms with Crippen molar-refractivity contribution >= 4 is 14.0 Å². The fraction of sp³-hybridized carbons (Fsp3) is 0.682. The molecular weight excluding hydrogens is 350 g/mol. The Bertz CT molecular complexity index is 654. The maximum Gasteiger partial charge on any atom is 0.271 e. The molecule has 27 heavy (non-hydrogen) atoms. The van der Waals surface area contributed by atoms with Crippen molar-refractivity contribution in [2.45, 2.75) is 89.9 Å². The summed E-state index contributed by atoms with van der Waals surface area (Å²) in [5, 5.41) is 3.13. The highest BCUT2D eigenvalue weighted by Gasteiger charge is 2.41. The van der Waals surface area contributed by atoms with Crippen molar-refractivity contribution in [2.24, 2.45) is 5.92 Å². The highest BCUT2D eigenvalue weighted by Crippen LogP contribution is 2.41. The molecule has 5 heteroatoms. The average Bonchev–Trinajstić information content (AvgIpc) is 2.62. The van der Waals surface area contributed by atoms with Crippen molar-refractivity contribution in [3.63, 3.8) is 0 Å². The van der Waals surface area contributed by atoms with Gasteiger partial charge in [0.2, 0.25) is 0 Å². The summed E-state index contributed by atoms with van der Waals surface area (Å²) >= 11 is 0. The van der Waals surface area contributed by atoms with E-state index < -0.39 is 8.07 Å². The van der Waals surface area contributed by atoms with Crippen LogP contribution in [-0.2, 0) is 0 Å². The molecule has 1 saturated carbocycles. The van der Waals surface area contributed by atoms with Crippen LogP contribution in [0.5, 0.6) is 0 Å². The normalized spacial score (nSPS) is 20.5. The summed E-state index contributed by atoms with van der Waals surface area (Å²) < 4.78 is 0. The summed E-state index contributed by atoms with van der Waals surface area (Å²) in [5.41, 5.74) is 6.21. The van der Waals surface area contributed by atoms with Gasteiger partial charge in [-0.1, -0.05) is 48.0 Å². The van der Waals surface area contributed by atoms with E-state index in [1.54, 1.807) is 12.4 Å². The number of nitrogens with one attached hydrogen (secondary N) is 1. The molecule has 0 radical (unpaired) electrons. The number of carbonyl (C=O) groups is 1. The summed E-state index contributed by atoms with van der Waals surface area (Å²) in [6.07, 6.45) is 8.87. The van der Waals surface area contributed by atoms with Crippen LogP contribution in [0.4, 0.5) is 0 Å². The SMILES string of the molecule is CC(C)[Si](C#CC1CCCC(NC(=O)c2cnccn2)C1)(C(C)C)C(C)C.